The number of piperazine rings is 1. The van der Waals surface area contributed by atoms with E-state index in [4.69, 9.17) is 0 Å². The molecule has 1 saturated heterocycles. The summed E-state index contributed by atoms with van der Waals surface area (Å²) < 4.78 is 38.8. The number of aromatic nitrogens is 1. The van der Waals surface area contributed by atoms with Crippen molar-refractivity contribution in [1.29, 1.82) is 0 Å². The van der Waals surface area contributed by atoms with Crippen molar-refractivity contribution in [2.24, 2.45) is 0 Å². The molecule has 0 aliphatic carbocycles. The second-order valence-corrected chi connectivity index (χ2v) is 7.58. The summed E-state index contributed by atoms with van der Waals surface area (Å²) >= 11 is 0. The monoisotopic (exact) mass is 393 g/mol. The number of hydrogen-bond acceptors (Lipinski definition) is 3. The van der Waals surface area contributed by atoms with Crippen LogP contribution in [0.1, 0.15) is 35.3 Å². The summed E-state index contributed by atoms with van der Waals surface area (Å²) in [6.07, 6.45) is -4.05. The first-order valence-electron chi connectivity index (χ1n) is 8.96. The third-order valence-electron chi connectivity index (χ3n) is 5.04. The second-order valence-electron chi connectivity index (χ2n) is 7.58. The van der Waals surface area contributed by atoms with Gasteiger partial charge in [0.15, 0.2) is 0 Å². The molecule has 8 heteroatoms. The van der Waals surface area contributed by atoms with Gasteiger partial charge in [-0.05, 0) is 25.5 Å². The van der Waals surface area contributed by atoms with E-state index < -0.39 is 34.3 Å². The van der Waals surface area contributed by atoms with Gasteiger partial charge in [0, 0.05) is 37.9 Å². The van der Waals surface area contributed by atoms with Crippen molar-refractivity contribution < 1.29 is 18.0 Å². The van der Waals surface area contributed by atoms with Crippen molar-refractivity contribution in [2.45, 2.75) is 32.1 Å². The number of aromatic amines is 1. The number of nitrogens with zero attached hydrogens (tertiary/aromatic N) is 2. The van der Waals surface area contributed by atoms with Crippen molar-refractivity contribution in [1.82, 2.24) is 14.8 Å². The maximum atomic E-state index is 12.9. The van der Waals surface area contributed by atoms with Crippen LogP contribution in [-0.4, -0.2) is 45.9 Å². The zero-order valence-corrected chi connectivity index (χ0v) is 15.7. The highest BCUT2D eigenvalue weighted by Gasteiger charge is 2.37. The van der Waals surface area contributed by atoms with Gasteiger partial charge in [-0.15, -0.1) is 0 Å². The molecule has 0 unspecified atom stereocenters. The largest absolute Gasteiger partial charge is 0.417 e. The van der Waals surface area contributed by atoms with E-state index in [0.717, 1.165) is 5.56 Å². The van der Waals surface area contributed by atoms with Crippen LogP contribution in [0.25, 0.3) is 0 Å². The lowest BCUT2D eigenvalue weighted by Gasteiger charge is -2.47. The Kier molecular flexibility index (Phi) is 5.34. The first-order chi connectivity index (χ1) is 13.1. The van der Waals surface area contributed by atoms with E-state index in [9.17, 15) is 22.8 Å². The van der Waals surface area contributed by atoms with Crippen LogP contribution in [0.2, 0.25) is 0 Å². The third-order valence-corrected chi connectivity index (χ3v) is 5.04. The molecular formula is C20H22F3N3O2. The minimum absolute atomic E-state index is 0.314. The van der Waals surface area contributed by atoms with E-state index in [1.54, 1.807) is 0 Å². The minimum atomic E-state index is -4.63. The summed E-state index contributed by atoms with van der Waals surface area (Å²) in [6.45, 7) is 5.88. The molecule has 3 rings (SSSR count). The second kappa shape index (κ2) is 7.43. The van der Waals surface area contributed by atoms with Gasteiger partial charge in [-0.3, -0.25) is 14.5 Å². The number of H-pyrrole nitrogens is 1. The summed E-state index contributed by atoms with van der Waals surface area (Å²) in [5.74, 6) is -0.681. The van der Waals surface area contributed by atoms with Crippen LogP contribution < -0.4 is 5.56 Å². The Morgan fingerprint density at radius 3 is 2.46 bits per heavy atom. The van der Waals surface area contributed by atoms with Gasteiger partial charge in [0.25, 0.3) is 11.5 Å². The Morgan fingerprint density at radius 2 is 1.86 bits per heavy atom. The molecule has 1 aromatic heterocycles. The number of amides is 1. The van der Waals surface area contributed by atoms with Gasteiger partial charge in [0.05, 0.1) is 5.56 Å². The van der Waals surface area contributed by atoms with Crippen molar-refractivity contribution in [3.05, 3.63) is 69.6 Å². The van der Waals surface area contributed by atoms with E-state index in [1.807, 2.05) is 49.2 Å². The van der Waals surface area contributed by atoms with E-state index in [0.29, 0.717) is 38.4 Å². The van der Waals surface area contributed by atoms with Gasteiger partial charge < -0.3 is 9.88 Å². The Labute approximate surface area is 160 Å². The van der Waals surface area contributed by atoms with Crippen molar-refractivity contribution in [3.8, 4) is 0 Å². The van der Waals surface area contributed by atoms with Crippen LogP contribution in [0.4, 0.5) is 13.2 Å². The Hall–Kier alpha value is -2.61. The summed E-state index contributed by atoms with van der Waals surface area (Å²) in [6, 6.07) is 10.5. The number of rotatable bonds is 3. The van der Waals surface area contributed by atoms with E-state index in [1.165, 1.54) is 4.90 Å². The quantitative estimate of drug-likeness (QED) is 0.872. The molecule has 0 atom stereocenters. The average Bonchev–Trinajstić information content (AvgIpc) is 2.63. The van der Waals surface area contributed by atoms with Gasteiger partial charge >= 0.3 is 6.18 Å². The number of alkyl halides is 3. The maximum absolute atomic E-state index is 12.9. The highest BCUT2D eigenvalue weighted by molar-refractivity contribution is 5.94. The molecule has 0 radical (unpaired) electrons. The fourth-order valence-corrected chi connectivity index (χ4v) is 3.44. The first kappa shape index (κ1) is 20.1. The Bertz CT molecular complexity index is 907. The number of carbonyl (C=O) groups excluding carboxylic acids is 1. The van der Waals surface area contributed by atoms with Gasteiger partial charge in [-0.2, -0.15) is 13.2 Å². The molecular weight excluding hydrogens is 371 g/mol. The first-order valence-corrected chi connectivity index (χ1v) is 8.96. The molecule has 1 aliphatic heterocycles. The van der Waals surface area contributed by atoms with Gasteiger partial charge in [0.1, 0.15) is 5.56 Å². The summed E-state index contributed by atoms with van der Waals surface area (Å²) in [7, 11) is 0. The highest BCUT2D eigenvalue weighted by Crippen LogP contribution is 2.29. The molecule has 2 aromatic rings. The number of halogens is 3. The molecule has 2 heterocycles. The average molecular weight is 393 g/mol. The van der Waals surface area contributed by atoms with Crippen LogP contribution in [0.3, 0.4) is 0 Å². The zero-order valence-electron chi connectivity index (χ0n) is 15.7. The molecule has 1 N–H and O–H groups in total. The number of carbonyl (C=O) groups is 1. The molecule has 1 aromatic carbocycles. The normalized spacial score (nSPS) is 17.5. The van der Waals surface area contributed by atoms with Crippen molar-refractivity contribution in [3.63, 3.8) is 0 Å². The predicted octanol–water partition coefficient (Wildman–Crippen LogP) is 3.13. The fourth-order valence-electron chi connectivity index (χ4n) is 3.44. The smallest absolute Gasteiger partial charge is 0.335 e. The highest BCUT2D eigenvalue weighted by atomic mass is 19.4. The zero-order chi connectivity index (χ0) is 20.5. The standard InChI is InChI=1S/C20H22F3N3O2/c1-19(2)13-25(8-9-26(19)12-14-6-4-3-5-7-14)18(28)16-10-15(20(21,22)23)11-24-17(16)27/h3-7,10-11H,8-9,12-13H2,1-2H3,(H,24,27). The summed E-state index contributed by atoms with van der Waals surface area (Å²) in [5.41, 5.74) is -1.59. The Morgan fingerprint density at radius 1 is 1.18 bits per heavy atom. The molecule has 0 bridgehead atoms. The fraction of sp³-hybridized carbons (Fsp3) is 0.400. The molecule has 1 aliphatic rings. The topological polar surface area (TPSA) is 56.4 Å². The molecule has 28 heavy (non-hydrogen) atoms. The van der Waals surface area contributed by atoms with Crippen LogP contribution >= 0.6 is 0 Å². The van der Waals surface area contributed by atoms with Crippen molar-refractivity contribution >= 4 is 5.91 Å². The third kappa shape index (κ3) is 4.27. The molecule has 1 fully saturated rings. The van der Waals surface area contributed by atoms with E-state index in [2.05, 4.69) is 4.90 Å². The Balaban J connectivity index is 1.78. The van der Waals surface area contributed by atoms with Crippen molar-refractivity contribution in [2.75, 3.05) is 19.6 Å². The van der Waals surface area contributed by atoms with Gasteiger partial charge in [0.2, 0.25) is 0 Å². The van der Waals surface area contributed by atoms with E-state index in [-0.39, 0.29) is 0 Å². The lowest BCUT2D eigenvalue weighted by atomic mass is 9.97. The van der Waals surface area contributed by atoms with Crippen LogP contribution in [0.15, 0.2) is 47.4 Å². The number of hydrogen-bond donors (Lipinski definition) is 1. The maximum Gasteiger partial charge on any atom is 0.417 e. The van der Waals surface area contributed by atoms with E-state index >= 15 is 0 Å². The van der Waals surface area contributed by atoms with Gasteiger partial charge in [-0.25, -0.2) is 0 Å². The molecule has 0 saturated carbocycles. The van der Waals surface area contributed by atoms with Crippen LogP contribution in [0.5, 0.6) is 0 Å². The number of pyridine rings is 1. The summed E-state index contributed by atoms with van der Waals surface area (Å²) in [5, 5.41) is 0. The van der Waals surface area contributed by atoms with Crippen LogP contribution in [-0.2, 0) is 12.7 Å². The lowest BCUT2D eigenvalue weighted by Crippen LogP contribution is -2.60. The number of benzene rings is 1. The SMILES string of the molecule is CC1(C)CN(C(=O)c2cc(C(F)(F)F)c[nH]c2=O)CCN1Cc1ccccc1. The minimum Gasteiger partial charge on any atom is -0.335 e. The lowest BCUT2D eigenvalue weighted by molar-refractivity contribution is -0.137. The molecule has 1 amide bonds. The van der Waals surface area contributed by atoms with Gasteiger partial charge in [-0.1, -0.05) is 30.3 Å². The van der Waals surface area contributed by atoms with Crippen LogP contribution in [0, 0.1) is 0 Å². The summed E-state index contributed by atoms with van der Waals surface area (Å²) in [4.78, 5) is 30.4. The predicted molar refractivity (Wildman–Crippen MR) is 98.9 cm³/mol. The molecule has 0 spiro atoms. The number of nitrogens with one attached hydrogen (secondary N) is 1. The molecule has 150 valence electrons. The molecule has 5 nitrogen and oxygen atoms in total.